The van der Waals surface area contributed by atoms with Crippen LogP contribution in [0.15, 0.2) is 41.1 Å². The number of hydrogen-bond donors (Lipinski definition) is 0. The van der Waals surface area contributed by atoms with Crippen LogP contribution in [-0.2, 0) is 24.9 Å². The fourth-order valence-electron chi connectivity index (χ4n) is 2.05. The molecule has 0 radical (unpaired) electrons. The first kappa shape index (κ1) is 13.5. The lowest BCUT2D eigenvalue weighted by Crippen LogP contribution is -2.30. The first-order chi connectivity index (χ1) is 9.20. The number of nitrogens with zero attached hydrogens (tertiary/aromatic N) is 2. The molecule has 2 aromatic heterocycles. The van der Waals surface area contributed by atoms with Gasteiger partial charge in [0.15, 0.2) is 0 Å². The van der Waals surface area contributed by atoms with Crippen molar-refractivity contribution in [1.82, 2.24) is 9.47 Å². The highest BCUT2D eigenvalue weighted by molar-refractivity contribution is 5.76. The van der Waals surface area contributed by atoms with Gasteiger partial charge in [0.2, 0.25) is 5.91 Å². The van der Waals surface area contributed by atoms with Crippen LogP contribution in [-0.4, -0.2) is 15.4 Å². The van der Waals surface area contributed by atoms with Crippen LogP contribution in [0.3, 0.4) is 0 Å². The second-order valence-corrected chi connectivity index (χ2v) is 4.69. The van der Waals surface area contributed by atoms with E-state index >= 15 is 0 Å². The molecule has 4 heteroatoms. The van der Waals surface area contributed by atoms with Gasteiger partial charge in [-0.2, -0.15) is 0 Å². The van der Waals surface area contributed by atoms with E-state index in [1.54, 1.807) is 6.26 Å². The van der Waals surface area contributed by atoms with Crippen LogP contribution < -0.4 is 0 Å². The second kappa shape index (κ2) is 6.27. The van der Waals surface area contributed by atoms with Crippen LogP contribution in [0, 0.1) is 0 Å². The van der Waals surface area contributed by atoms with Crippen LogP contribution in [0.25, 0.3) is 0 Å². The Labute approximate surface area is 113 Å². The Morgan fingerprint density at radius 1 is 1.32 bits per heavy atom. The highest BCUT2D eigenvalue weighted by atomic mass is 16.3. The minimum absolute atomic E-state index is 0.167. The molecule has 2 aromatic rings. The van der Waals surface area contributed by atoms with Gasteiger partial charge in [-0.25, -0.2) is 0 Å². The average molecular weight is 260 g/mol. The van der Waals surface area contributed by atoms with E-state index in [1.165, 1.54) is 0 Å². The van der Waals surface area contributed by atoms with E-state index in [0.29, 0.717) is 19.5 Å². The topological polar surface area (TPSA) is 38.4 Å². The molecule has 0 saturated heterocycles. The lowest BCUT2D eigenvalue weighted by Gasteiger charge is -2.22. The Kier molecular flexibility index (Phi) is 4.44. The lowest BCUT2D eigenvalue weighted by atomic mass is 10.2. The zero-order chi connectivity index (χ0) is 13.7. The molecule has 0 aromatic carbocycles. The summed E-state index contributed by atoms with van der Waals surface area (Å²) in [5, 5.41) is 0. The van der Waals surface area contributed by atoms with Crippen LogP contribution in [0.4, 0.5) is 0 Å². The Hall–Kier alpha value is -1.97. The molecule has 0 aliphatic rings. The number of furan rings is 1. The maximum absolute atomic E-state index is 12.2. The largest absolute Gasteiger partial charge is 0.467 e. The van der Waals surface area contributed by atoms with Crippen molar-refractivity contribution in [3.8, 4) is 0 Å². The van der Waals surface area contributed by atoms with Gasteiger partial charge in [0.25, 0.3) is 0 Å². The van der Waals surface area contributed by atoms with Gasteiger partial charge >= 0.3 is 0 Å². The third-order valence-electron chi connectivity index (χ3n) is 3.15. The quantitative estimate of drug-likeness (QED) is 0.801. The number of amides is 1. The fourth-order valence-corrected chi connectivity index (χ4v) is 2.05. The maximum Gasteiger partial charge on any atom is 0.223 e. The standard InChI is InChI=1S/C15H20N2O2/c1-3-6-15(18)17(12-14-8-5-10-19-14)11-13-7-4-9-16(13)2/h4-5,7-10H,3,6,11-12H2,1-2H3. The van der Waals surface area contributed by atoms with Crippen molar-refractivity contribution in [3.63, 3.8) is 0 Å². The van der Waals surface area contributed by atoms with Gasteiger partial charge in [0.05, 0.1) is 19.4 Å². The molecule has 1 amide bonds. The van der Waals surface area contributed by atoms with E-state index in [2.05, 4.69) is 0 Å². The first-order valence-corrected chi connectivity index (χ1v) is 6.61. The fraction of sp³-hybridized carbons (Fsp3) is 0.400. The predicted octanol–water partition coefficient (Wildman–Crippen LogP) is 2.95. The van der Waals surface area contributed by atoms with E-state index in [4.69, 9.17) is 4.42 Å². The van der Waals surface area contributed by atoms with Gasteiger partial charge in [-0.15, -0.1) is 0 Å². The second-order valence-electron chi connectivity index (χ2n) is 4.69. The Morgan fingerprint density at radius 2 is 2.16 bits per heavy atom. The normalized spacial score (nSPS) is 10.6. The zero-order valence-corrected chi connectivity index (χ0v) is 11.5. The monoisotopic (exact) mass is 260 g/mol. The van der Waals surface area contributed by atoms with Gasteiger partial charge in [-0.3, -0.25) is 4.79 Å². The maximum atomic E-state index is 12.2. The van der Waals surface area contributed by atoms with Crippen LogP contribution >= 0.6 is 0 Å². The van der Waals surface area contributed by atoms with Crippen LogP contribution in [0.1, 0.15) is 31.2 Å². The van der Waals surface area contributed by atoms with Gasteiger partial charge in [0, 0.05) is 25.4 Å². The number of aryl methyl sites for hydroxylation is 1. The molecule has 102 valence electrons. The minimum Gasteiger partial charge on any atom is -0.467 e. The smallest absolute Gasteiger partial charge is 0.223 e. The third-order valence-corrected chi connectivity index (χ3v) is 3.15. The third kappa shape index (κ3) is 3.50. The summed E-state index contributed by atoms with van der Waals surface area (Å²) in [5.74, 6) is 0.985. The van der Waals surface area contributed by atoms with Gasteiger partial charge < -0.3 is 13.9 Å². The molecule has 0 fully saturated rings. The summed E-state index contributed by atoms with van der Waals surface area (Å²) in [6.07, 6.45) is 5.07. The lowest BCUT2D eigenvalue weighted by molar-refractivity contribution is -0.132. The summed E-state index contributed by atoms with van der Waals surface area (Å²) in [6, 6.07) is 7.77. The van der Waals surface area contributed by atoms with Crippen molar-refractivity contribution in [2.75, 3.05) is 0 Å². The molecule has 2 rings (SSSR count). The molecule has 0 aliphatic carbocycles. The Balaban J connectivity index is 2.10. The van der Waals surface area contributed by atoms with Crippen LogP contribution in [0.2, 0.25) is 0 Å². The van der Waals surface area contributed by atoms with Crippen LogP contribution in [0.5, 0.6) is 0 Å². The van der Waals surface area contributed by atoms with Crippen molar-refractivity contribution >= 4 is 5.91 Å². The molecule has 0 spiro atoms. The molecule has 2 heterocycles. The summed E-state index contributed by atoms with van der Waals surface area (Å²) in [4.78, 5) is 14.0. The summed E-state index contributed by atoms with van der Waals surface area (Å²) in [6.45, 7) is 3.16. The number of carbonyl (C=O) groups excluding carboxylic acids is 1. The molecule has 0 atom stereocenters. The Bertz CT molecular complexity index is 514. The Morgan fingerprint density at radius 3 is 2.74 bits per heavy atom. The highest BCUT2D eigenvalue weighted by Crippen LogP contribution is 2.12. The molecular formula is C15H20N2O2. The predicted molar refractivity (Wildman–Crippen MR) is 73.3 cm³/mol. The minimum atomic E-state index is 0.167. The van der Waals surface area contributed by atoms with E-state index in [9.17, 15) is 4.79 Å². The average Bonchev–Trinajstić information content (AvgIpc) is 3.02. The number of rotatable bonds is 6. The summed E-state index contributed by atoms with van der Waals surface area (Å²) in [5.41, 5.74) is 1.12. The number of aromatic nitrogens is 1. The van der Waals surface area contributed by atoms with E-state index in [1.807, 2.05) is 53.9 Å². The van der Waals surface area contributed by atoms with Crippen molar-refractivity contribution in [2.24, 2.45) is 7.05 Å². The SMILES string of the molecule is CCCC(=O)N(Cc1ccco1)Cc1cccn1C. The zero-order valence-electron chi connectivity index (χ0n) is 11.5. The molecule has 0 saturated carbocycles. The van der Waals surface area contributed by atoms with Gasteiger partial charge in [-0.1, -0.05) is 6.92 Å². The van der Waals surface area contributed by atoms with E-state index in [-0.39, 0.29) is 5.91 Å². The van der Waals surface area contributed by atoms with Crippen molar-refractivity contribution in [2.45, 2.75) is 32.9 Å². The van der Waals surface area contributed by atoms with Gasteiger partial charge in [0.1, 0.15) is 5.76 Å². The molecule has 19 heavy (non-hydrogen) atoms. The molecule has 0 bridgehead atoms. The van der Waals surface area contributed by atoms with E-state index in [0.717, 1.165) is 17.9 Å². The molecule has 0 unspecified atom stereocenters. The highest BCUT2D eigenvalue weighted by Gasteiger charge is 2.16. The molecule has 0 aliphatic heterocycles. The number of carbonyl (C=O) groups is 1. The molecule has 4 nitrogen and oxygen atoms in total. The summed E-state index contributed by atoms with van der Waals surface area (Å²) in [7, 11) is 1.99. The number of hydrogen-bond acceptors (Lipinski definition) is 2. The first-order valence-electron chi connectivity index (χ1n) is 6.61. The molecule has 0 N–H and O–H groups in total. The van der Waals surface area contributed by atoms with Gasteiger partial charge in [-0.05, 0) is 30.7 Å². The van der Waals surface area contributed by atoms with Crippen molar-refractivity contribution in [3.05, 3.63) is 48.2 Å². The molecular weight excluding hydrogens is 240 g/mol. The van der Waals surface area contributed by atoms with E-state index < -0.39 is 0 Å². The van der Waals surface area contributed by atoms with Crippen molar-refractivity contribution < 1.29 is 9.21 Å². The summed E-state index contributed by atoms with van der Waals surface area (Å²) >= 11 is 0. The summed E-state index contributed by atoms with van der Waals surface area (Å²) < 4.78 is 7.38. The van der Waals surface area contributed by atoms with Crippen molar-refractivity contribution in [1.29, 1.82) is 0 Å².